The molecule has 6 heteroatoms. The van der Waals surface area contributed by atoms with E-state index in [0.717, 1.165) is 5.56 Å². The van der Waals surface area contributed by atoms with Gasteiger partial charge in [-0.1, -0.05) is 32.0 Å². The number of para-hydroxylation sites is 1. The van der Waals surface area contributed by atoms with Gasteiger partial charge in [0.25, 0.3) is 10.0 Å². The Morgan fingerprint density at radius 2 is 1.80 bits per heavy atom. The number of aromatic amines is 1. The molecule has 0 unspecified atom stereocenters. The second-order valence-corrected chi connectivity index (χ2v) is 6.42. The van der Waals surface area contributed by atoms with Gasteiger partial charge in [-0.25, -0.2) is 8.42 Å². The molecular formula is C14H16N2O3S. The molecule has 0 spiro atoms. The minimum Gasteiger partial charge on any atom is -0.328 e. The number of pyridine rings is 1. The van der Waals surface area contributed by atoms with Crippen molar-refractivity contribution in [1.29, 1.82) is 0 Å². The second kappa shape index (κ2) is 5.50. The maximum Gasteiger partial charge on any atom is 0.263 e. The molecule has 0 aliphatic carbocycles. The van der Waals surface area contributed by atoms with Gasteiger partial charge in [0, 0.05) is 12.3 Å². The van der Waals surface area contributed by atoms with Crippen molar-refractivity contribution in [3.8, 4) is 0 Å². The van der Waals surface area contributed by atoms with E-state index >= 15 is 0 Å². The monoisotopic (exact) mass is 292 g/mol. The van der Waals surface area contributed by atoms with Crippen molar-refractivity contribution >= 4 is 15.7 Å². The Bertz CT molecular complexity index is 743. The van der Waals surface area contributed by atoms with Crippen LogP contribution in [0.1, 0.15) is 25.3 Å². The summed E-state index contributed by atoms with van der Waals surface area (Å²) in [7, 11) is -3.71. The lowest BCUT2D eigenvalue weighted by Gasteiger charge is -2.14. The van der Waals surface area contributed by atoms with E-state index in [1.807, 2.05) is 26.0 Å². The Morgan fingerprint density at radius 3 is 2.40 bits per heavy atom. The van der Waals surface area contributed by atoms with Crippen LogP contribution in [0.25, 0.3) is 0 Å². The van der Waals surface area contributed by atoms with Crippen molar-refractivity contribution in [3.05, 3.63) is 58.5 Å². The summed E-state index contributed by atoms with van der Waals surface area (Å²) in [5, 5.41) is 0. The number of anilines is 1. The Labute approximate surface area is 117 Å². The maximum absolute atomic E-state index is 12.3. The predicted octanol–water partition coefficient (Wildman–Crippen LogP) is 2.30. The molecule has 1 aromatic carbocycles. The molecule has 106 valence electrons. The lowest BCUT2D eigenvalue weighted by Crippen LogP contribution is -2.16. The van der Waals surface area contributed by atoms with E-state index in [2.05, 4.69) is 9.71 Å². The standard InChI is InChI=1S/C14H16N2O3S/c1-10(2)12-5-3-4-6-13(12)16-20(18,19)11-7-8-14(17)15-9-11/h3-10,16H,1-2H3,(H,15,17). The zero-order valence-electron chi connectivity index (χ0n) is 11.3. The maximum atomic E-state index is 12.3. The highest BCUT2D eigenvalue weighted by atomic mass is 32.2. The summed E-state index contributed by atoms with van der Waals surface area (Å²) in [5.41, 5.74) is 1.13. The number of rotatable bonds is 4. The summed E-state index contributed by atoms with van der Waals surface area (Å²) in [4.78, 5) is 13.4. The highest BCUT2D eigenvalue weighted by molar-refractivity contribution is 7.92. The molecule has 0 fully saturated rings. The van der Waals surface area contributed by atoms with E-state index in [-0.39, 0.29) is 16.4 Å². The summed E-state index contributed by atoms with van der Waals surface area (Å²) >= 11 is 0. The number of aromatic nitrogens is 1. The second-order valence-electron chi connectivity index (χ2n) is 4.74. The van der Waals surface area contributed by atoms with Gasteiger partial charge in [0.05, 0.1) is 5.69 Å². The smallest absolute Gasteiger partial charge is 0.263 e. The molecule has 5 nitrogen and oxygen atoms in total. The Balaban J connectivity index is 2.38. The fourth-order valence-electron chi connectivity index (χ4n) is 1.86. The summed E-state index contributed by atoms with van der Waals surface area (Å²) in [5.74, 6) is 0.199. The van der Waals surface area contributed by atoms with E-state index in [4.69, 9.17) is 0 Å². The van der Waals surface area contributed by atoms with Gasteiger partial charge in [0.2, 0.25) is 5.56 Å². The van der Waals surface area contributed by atoms with E-state index in [9.17, 15) is 13.2 Å². The highest BCUT2D eigenvalue weighted by Gasteiger charge is 2.16. The average molecular weight is 292 g/mol. The third-order valence-corrected chi connectivity index (χ3v) is 4.26. The van der Waals surface area contributed by atoms with Crippen molar-refractivity contribution in [3.63, 3.8) is 0 Å². The fraction of sp³-hybridized carbons (Fsp3) is 0.214. The van der Waals surface area contributed by atoms with Crippen molar-refractivity contribution in [2.75, 3.05) is 4.72 Å². The van der Waals surface area contributed by atoms with Crippen LogP contribution in [0.3, 0.4) is 0 Å². The van der Waals surface area contributed by atoms with Crippen LogP contribution < -0.4 is 10.3 Å². The van der Waals surface area contributed by atoms with Crippen LogP contribution in [0.2, 0.25) is 0 Å². The number of H-pyrrole nitrogens is 1. The zero-order valence-corrected chi connectivity index (χ0v) is 12.1. The Hall–Kier alpha value is -2.08. The zero-order chi connectivity index (χ0) is 14.8. The minimum atomic E-state index is -3.71. The SMILES string of the molecule is CC(C)c1ccccc1NS(=O)(=O)c1ccc(=O)[nH]c1. The summed E-state index contributed by atoms with van der Waals surface area (Å²) in [6, 6.07) is 9.71. The molecule has 0 saturated heterocycles. The van der Waals surface area contributed by atoms with Crippen LogP contribution in [0.15, 0.2) is 52.3 Å². The average Bonchev–Trinajstić information content (AvgIpc) is 2.39. The molecule has 2 N–H and O–H groups in total. The molecule has 2 aromatic rings. The summed E-state index contributed by atoms with van der Waals surface area (Å²) in [6.07, 6.45) is 1.18. The molecule has 0 aliphatic heterocycles. The largest absolute Gasteiger partial charge is 0.328 e. The van der Waals surface area contributed by atoms with Gasteiger partial charge in [-0.15, -0.1) is 0 Å². The third-order valence-electron chi connectivity index (χ3n) is 2.89. The topological polar surface area (TPSA) is 79.0 Å². The first kappa shape index (κ1) is 14.3. The highest BCUT2D eigenvalue weighted by Crippen LogP contribution is 2.25. The first-order valence-corrected chi connectivity index (χ1v) is 7.69. The third kappa shape index (κ3) is 3.08. The van der Waals surface area contributed by atoms with Gasteiger partial charge in [-0.05, 0) is 23.6 Å². The van der Waals surface area contributed by atoms with Gasteiger partial charge in [0.1, 0.15) is 4.90 Å². The van der Waals surface area contributed by atoms with Gasteiger partial charge >= 0.3 is 0 Å². The van der Waals surface area contributed by atoms with E-state index < -0.39 is 10.0 Å². The molecule has 0 radical (unpaired) electrons. The number of hydrogen-bond acceptors (Lipinski definition) is 3. The Kier molecular flexibility index (Phi) is 3.94. The minimum absolute atomic E-state index is 0.0238. The van der Waals surface area contributed by atoms with Crippen LogP contribution in [0, 0.1) is 0 Å². The van der Waals surface area contributed by atoms with Crippen LogP contribution in [-0.4, -0.2) is 13.4 Å². The number of sulfonamides is 1. The van der Waals surface area contributed by atoms with Crippen LogP contribution in [0.5, 0.6) is 0 Å². The molecule has 0 bridgehead atoms. The first-order valence-electron chi connectivity index (χ1n) is 6.20. The van der Waals surface area contributed by atoms with Crippen molar-refractivity contribution in [2.45, 2.75) is 24.7 Å². The van der Waals surface area contributed by atoms with E-state index in [1.54, 1.807) is 12.1 Å². The van der Waals surface area contributed by atoms with Crippen LogP contribution in [0.4, 0.5) is 5.69 Å². The quantitative estimate of drug-likeness (QED) is 0.907. The van der Waals surface area contributed by atoms with Gasteiger partial charge in [-0.2, -0.15) is 0 Å². The van der Waals surface area contributed by atoms with Crippen molar-refractivity contribution in [1.82, 2.24) is 4.98 Å². The van der Waals surface area contributed by atoms with Crippen molar-refractivity contribution < 1.29 is 8.42 Å². The number of benzene rings is 1. The molecule has 0 amide bonds. The van der Waals surface area contributed by atoms with Gasteiger partial charge < -0.3 is 4.98 Å². The molecule has 1 aromatic heterocycles. The molecule has 20 heavy (non-hydrogen) atoms. The molecule has 0 aliphatic rings. The summed E-state index contributed by atoms with van der Waals surface area (Å²) in [6.45, 7) is 3.99. The number of nitrogens with one attached hydrogen (secondary N) is 2. The normalized spacial score (nSPS) is 11.6. The van der Waals surface area contributed by atoms with Crippen LogP contribution >= 0.6 is 0 Å². The molecule has 2 rings (SSSR count). The summed E-state index contributed by atoms with van der Waals surface area (Å²) < 4.78 is 27.1. The predicted molar refractivity (Wildman–Crippen MR) is 78.4 cm³/mol. The molecule has 1 heterocycles. The van der Waals surface area contributed by atoms with Gasteiger partial charge in [-0.3, -0.25) is 9.52 Å². The molecule has 0 saturated carbocycles. The lowest BCUT2D eigenvalue weighted by molar-refractivity contribution is 0.600. The van der Waals surface area contributed by atoms with Crippen molar-refractivity contribution in [2.24, 2.45) is 0 Å². The molecular weight excluding hydrogens is 276 g/mol. The first-order chi connectivity index (χ1) is 9.40. The fourth-order valence-corrected chi connectivity index (χ4v) is 2.92. The Morgan fingerprint density at radius 1 is 1.10 bits per heavy atom. The number of hydrogen-bond donors (Lipinski definition) is 2. The lowest BCUT2D eigenvalue weighted by atomic mass is 10.0. The van der Waals surface area contributed by atoms with Gasteiger partial charge in [0.15, 0.2) is 0 Å². The van der Waals surface area contributed by atoms with E-state index in [1.165, 1.54) is 18.3 Å². The van der Waals surface area contributed by atoms with E-state index in [0.29, 0.717) is 5.69 Å². The molecule has 0 atom stereocenters. The van der Waals surface area contributed by atoms with Crippen LogP contribution in [-0.2, 0) is 10.0 Å².